The molecule has 2 N–H and O–H groups in total. The summed E-state index contributed by atoms with van der Waals surface area (Å²) >= 11 is 0. The number of rotatable bonds is 3. The first-order chi connectivity index (χ1) is 12.0. The number of carboxylic acids is 1. The van der Waals surface area contributed by atoms with E-state index in [0.29, 0.717) is 0 Å². The van der Waals surface area contributed by atoms with Gasteiger partial charge in [-0.2, -0.15) is 0 Å². The standard InChI is InChI=1S/C21H17NO3/c1-12-3-4-13(2)20-16(12)11-19(25-20)18-10-9-17(22-18)14-5-7-15(8-6-14)21(23)24/h3-11,22H,1-2H3,(H,23,24). The summed E-state index contributed by atoms with van der Waals surface area (Å²) in [6, 6.07) is 17.0. The van der Waals surface area contributed by atoms with E-state index in [0.717, 1.165) is 39.2 Å². The number of aromatic nitrogens is 1. The highest BCUT2D eigenvalue weighted by atomic mass is 16.4. The molecule has 0 saturated heterocycles. The number of hydrogen-bond acceptors (Lipinski definition) is 2. The van der Waals surface area contributed by atoms with E-state index >= 15 is 0 Å². The molecule has 0 spiro atoms. The summed E-state index contributed by atoms with van der Waals surface area (Å²) in [7, 11) is 0. The van der Waals surface area contributed by atoms with Crippen LogP contribution in [0.5, 0.6) is 0 Å². The minimum Gasteiger partial charge on any atom is -0.478 e. The van der Waals surface area contributed by atoms with Crippen LogP contribution in [0.15, 0.2) is 59.0 Å². The molecule has 4 rings (SSSR count). The van der Waals surface area contributed by atoms with Gasteiger partial charge in [0.2, 0.25) is 0 Å². The van der Waals surface area contributed by atoms with Crippen LogP contribution in [0.3, 0.4) is 0 Å². The molecule has 2 heterocycles. The minimum absolute atomic E-state index is 0.277. The van der Waals surface area contributed by atoms with Gasteiger partial charge in [-0.25, -0.2) is 4.79 Å². The highest BCUT2D eigenvalue weighted by Crippen LogP contribution is 2.32. The number of nitrogens with one attached hydrogen (secondary N) is 1. The Bertz CT molecular complexity index is 1050. The first-order valence-electron chi connectivity index (χ1n) is 8.06. The topological polar surface area (TPSA) is 66.2 Å². The van der Waals surface area contributed by atoms with Gasteiger partial charge in [0.05, 0.1) is 11.3 Å². The van der Waals surface area contributed by atoms with Crippen molar-refractivity contribution in [3.8, 4) is 22.7 Å². The number of H-pyrrole nitrogens is 1. The molecule has 0 amide bonds. The Hall–Kier alpha value is -3.27. The van der Waals surface area contributed by atoms with Gasteiger partial charge in [0.1, 0.15) is 5.58 Å². The zero-order valence-electron chi connectivity index (χ0n) is 14.0. The molecule has 0 unspecified atom stereocenters. The molecule has 0 fully saturated rings. The number of fused-ring (bicyclic) bond motifs is 1. The predicted molar refractivity (Wildman–Crippen MR) is 97.9 cm³/mol. The normalized spacial score (nSPS) is 11.1. The Morgan fingerprint density at radius 2 is 1.60 bits per heavy atom. The van der Waals surface area contributed by atoms with E-state index < -0.39 is 5.97 Å². The molecular formula is C21H17NO3. The van der Waals surface area contributed by atoms with Crippen LogP contribution in [-0.4, -0.2) is 16.1 Å². The molecule has 0 saturated carbocycles. The largest absolute Gasteiger partial charge is 0.478 e. The van der Waals surface area contributed by atoms with Crippen molar-refractivity contribution >= 4 is 16.9 Å². The maximum absolute atomic E-state index is 11.0. The van der Waals surface area contributed by atoms with E-state index in [1.54, 1.807) is 24.3 Å². The average molecular weight is 331 g/mol. The van der Waals surface area contributed by atoms with Gasteiger partial charge in [0.15, 0.2) is 5.76 Å². The molecule has 2 aromatic heterocycles. The number of carbonyl (C=O) groups is 1. The maximum Gasteiger partial charge on any atom is 0.335 e. The lowest BCUT2D eigenvalue weighted by molar-refractivity contribution is 0.0697. The Kier molecular flexibility index (Phi) is 3.46. The number of aromatic carboxylic acids is 1. The summed E-state index contributed by atoms with van der Waals surface area (Å²) in [6.45, 7) is 4.12. The lowest BCUT2D eigenvalue weighted by atomic mass is 10.1. The van der Waals surface area contributed by atoms with Crippen LogP contribution in [0.2, 0.25) is 0 Å². The zero-order valence-corrected chi connectivity index (χ0v) is 14.0. The van der Waals surface area contributed by atoms with Gasteiger partial charge in [0.25, 0.3) is 0 Å². The van der Waals surface area contributed by atoms with Crippen LogP contribution in [0.1, 0.15) is 21.5 Å². The predicted octanol–water partition coefficient (Wildman–Crippen LogP) is 5.41. The molecule has 4 heteroatoms. The molecule has 0 aliphatic rings. The van der Waals surface area contributed by atoms with Crippen LogP contribution in [-0.2, 0) is 0 Å². The van der Waals surface area contributed by atoms with Crippen molar-refractivity contribution in [1.29, 1.82) is 0 Å². The van der Waals surface area contributed by atoms with Crippen molar-refractivity contribution in [3.63, 3.8) is 0 Å². The highest BCUT2D eigenvalue weighted by molar-refractivity contribution is 5.89. The van der Waals surface area contributed by atoms with Gasteiger partial charge in [-0.15, -0.1) is 0 Å². The van der Waals surface area contributed by atoms with E-state index in [9.17, 15) is 4.79 Å². The lowest BCUT2D eigenvalue weighted by Crippen LogP contribution is -1.94. The van der Waals surface area contributed by atoms with Crippen molar-refractivity contribution in [2.45, 2.75) is 13.8 Å². The number of aryl methyl sites for hydroxylation is 2. The molecular weight excluding hydrogens is 314 g/mol. The van der Waals surface area contributed by atoms with E-state index in [2.05, 4.69) is 30.1 Å². The SMILES string of the molecule is Cc1ccc(C)c2oc(-c3ccc(-c4ccc(C(=O)O)cc4)[nH]3)cc12. The maximum atomic E-state index is 11.0. The highest BCUT2D eigenvalue weighted by Gasteiger charge is 2.12. The molecule has 4 nitrogen and oxygen atoms in total. The number of aromatic amines is 1. The van der Waals surface area contributed by atoms with Crippen LogP contribution >= 0.6 is 0 Å². The fourth-order valence-electron chi connectivity index (χ4n) is 3.02. The van der Waals surface area contributed by atoms with E-state index in [1.807, 2.05) is 19.1 Å². The number of benzene rings is 2. The van der Waals surface area contributed by atoms with Crippen molar-refractivity contribution in [2.24, 2.45) is 0 Å². The first kappa shape index (κ1) is 15.3. The van der Waals surface area contributed by atoms with Crippen LogP contribution in [0.25, 0.3) is 33.7 Å². The van der Waals surface area contributed by atoms with Crippen molar-refractivity contribution in [3.05, 3.63) is 71.3 Å². The molecule has 124 valence electrons. The smallest absolute Gasteiger partial charge is 0.335 e. The molecule has 4 aromatic rings. The molecule has 0 aliphatic heterocycles. The molecule has 0 aliphatic carbocycles. The number of carboxylic acid groups (broad SMARTS) is 1. The Balaban J connectivity index is 1.73. The second-order valence-electron chi connectivity index (χ2n) is 6.22. The second kappa shape index (κ2) is 5.67. The molecule has 0 bridgehead atoms. The molecule has 25 heavy (non-hydrogen) atoms. The quantitative estimate of drug-likeness (QED) is 0.527. The molecule has 0 atom stereocenters. The monoisotopic (exact) mass is 331 g/mol. The number of furan rings is 1. The third kappa shape index (κ3) is 2.62. The van der Waals surface area contributed by atoms with Crippen LogP contribution in [0.4, 0.5) is 0 Å². The summed E-state index contributed by atoms with van der Waals surface area (Å²) in [4.78, 5) is 14.3. The first-order valence-corrected chi connectivity index (χ1v) is 8.06. The van der Waals surface area contributed by atoms with Gasteiger partial charge in [-0.3, -0.25) is 0 Å². The summed E-state index contributed by atoms with van der Waals surface area (Å²) in [6.07, 6.45) is 0. The van der Waals surface area contributed by atoms with Crippen molar-refractivity contribution in [1.82, 2.24) is 4.98 Å². The summed E-state index contributed by atoms with van der Waals surface area (Å²) in [5.74, 6) is -0.132. The van der Waals surface area contributed by atoms with Crippen LogP contribution < -0.4 is 0 Å². The Morgan fingerprint density at radius 1 is 0.920 bits per heavy atom. The van der Waals surface area contributed by atoms with Crippen molar-refractivity contribution in [2.75, 3.05) is 0 Å². The third-order valence-corrected chi connectivity index (χ3v) is 4.49. The fourth-order valence-corrected chi connectivity index (χ4v) is 3.02. The third-order valence-electron chi connectivity index (χ3n) is 4.49. The van der Waals surface area contributed by atoms with Crippen molar-refractivity contribution < 1.29 is 14.3 Å². The Morgan fingerprint density at radius 3 is 2.28 bits per heavy atom. The van der Waals surface area contributed by atoms with Gasteiger partial charge in [0, 0.05) is 11.1 Å². The summed E-state index contributed by atoms with van der Waals surface area (Å²) in [5, 5.41) is 10.1. The molecule has 0 radical (unpaired) electrons. The number of hydrogen-bond donors (Lipinski definition) is 2. The van der Waals surface area contributed by atoms with E-state index in [4.69, 9.17) is 9.52 Å². The van der Waals surface area contributed by atoms with E-state index in [-0.39, 0.29) is 5.56 Å². The van der Waals surface area contributed by atoms with Gasteiger partial charge in [-0.05, 0) is 60.9 Å². The lowest BCUT2D eigenvalue weighted by Gasteiger charge is -1.99. The average Bonchev–Trinajstić information content (AvgIpc) is 3.26. The second-order valence-corrected chi connectivity index (χ2v) is 6.22. The van der Waals surface area contributed by atoms with Crippen LogP contribution in [0, 0.1) is 13.8 Å². The van der Waals surface area contributed by atoms with Gasteiger partial charge < -0.3 is 14.5 Å². The van der Waals surface area contributed by atoms with Gasteiger partial charge >= 0.3 is 5.97 Å². The van der Waals surface area contributed by atoms with E-state index in [1.165, 1.54) is 5.56 Å². The zero-order chi connectivity index (χ0) is 17.6. The van der Waals surface area contributed by atoms with Gasteiger partial charge in [-0.1, -0.05) is 24.3 Å². The summed E-state index contributed by atoms with van der Waals surface area (Å²) in [5.41, 5.74) is 6.23. The summed E-state index contributed by atoms with van der Waals surface area (Å²) < 4.78 is 6.06. The minimum atomic E-state index is -0.924. The Labute approximate surface area is 144 Å². The molecule has 2 aromatic carbocycles. The fraction of sp³-hybridized carbons (Fsp3) is 0.0952.